The van der Waals surface area contributed by atoms with E-state index in [0.29, 0.717) is 23.7 Å². The first-order valence-electron chi connectivity index (χ1n) is 6.90. The molecule has 0 amide bonds. The Morgan fingerprint density at radius 1 is 1.38 bits per heavy atom. The summed E-state index contributed by atoms with van der Waals surface area (Å²) >= 11 is 0. The molecule has 0 aliphatic carbocycles. The average molecular weight is 285 g/mol. The van der Waals surface area contributed by atoms with Crippen molar-refractivity contribution in [2.45, 2.75) is 26.3 Å². The van der Waals surface area contributed by atoms with Gasteiger partial charge in [-0.05, 0) is 12.3 Å². The van der Waals surface area contributed by atoms with E-state index in [0.717, 1.165) is 18.7 Å². The van der Waals surface area contributed by atoms with E-state index in [4.69, 9.17) is 0 Å². The molecule has 0 saturated heterocycles. The van der Waals surface area contributed by atoms with Gasteiger partial charge in [0.15, 0.2) is 0 Å². The van der Waals surface area contributed by atoms with Gasteiger partial charge in [0.1, 0.15) is 5.82 Å². The Labute approximate surface area is 121 Å². The number of non-ortho nitro benzene ring substituents is 1. The van der Waals surface area contributed by atoms with E-state index in [2.05, 4.69) is 11.9 Å². The van der Waals surface area contributed by atoms with Crippen LogP contribution < -0.4 is 5.56 Å². The highest BCUT2D eigenvalue weighted by molar-refractivity contribution is 5.62. The zero-order chi connectivity index (χ0) is 15.0. The minimum absolute atomic E-state index is 0.000690. The Bertz CT molecular complexity index is 767. The summed E-state index contributed by atoms with van der Waals surface area (Å²) in [5.74, 6) is 1.24. The van der Waals surface area contributed by atoms with Crippen molar-refractivity contribution >= 4 is 5.69 Å². The lowest BCUT2D eigenvalue weighted by atomic mass is 10.0. The number of hydrogen-bond donors (Lipinski definition) is 0. The van der Waals surface area contributed by atoms with E-state index in [1.165, 1.54) is 18.2 Å². The number of rotatable bonds is 2. The predicted octanol–water partition coefficient (Wildman–Crippen LogP) is 2.40. The van der Waals surface area contributed by atoms with Crippen LogP contribution in [0.15, 0.2) is 35.1 Å². The van der Waals surface area contributed by atoms with Gasteiger partial charge in [0.05, 0.1) is 10.6 Å². The largest absolute Gasteiger partial charge is 0.296 e. The first-order valence-corrected chi connectivity index (χ1v) is 6.90. The molecule has 2 aromatic rings. The van der Waals surface area contributed by atoms with Crippen molar-refractivity contribution in [1.29, 1.82) is 0 Å². The molecule has 3 rings (SSSR count). The molecule has 21 heavy (non-hydrogen) atoms. The molecule has 1 aliphatic heterocycles. The standard InChI is InChI=1S/C15H15N3O3/c1-10-5-6-14-16-13(8-15(19)17(14)9-10)11-3-2-4-12(7-11)18(20)21/h2-4,7-8,10H,5-6,9H2,1H3/t10-/m0/s1. The zero-order valence-corrected chi connectivity index (χ0v) is 11.7. The summed E-state index contributed by atoms with van der Waals surface area (Å²) in [6.45, 7) is 2.81. The summed E-state index contributed by atoms with van der Waals surface area (Å²) in [6, 6.07) is 7.67. The minimum Gasteiger partial charge on any atom is -0.296 e. The highest BCUT2D eigenvalue weighted by Gasteiger charge is 2.18. The van der Waals surface area contributed by atoms with Crippen molar-refractivity contribution in [3.8, 4) is 11.3 Å². The number of nitro groups is 1. The first kappa shape index (κ1) is 13.5. The highest BCUT2D eigenvalue weighted by Crippen LogP contribution is 2.23. The number of hydrogen-bond acceptors (Lipinski definition) is 4. The van der Waals surface area contributed by atoms with Crippen LogP contribution >= 0.6 is 0 Å². The van der Waals surface area contributed by atoms with Crippen molar-refractivity contribution in [2.75, 3.05) is 0 Å². The van der Waals surface area contributed by atoms with Gasteiger partial charge in [0, 0.05) is 36.7 Å². The molecule has 6 heteroatoms. The fourth-order valence-corrected chi connectivity index (χ4v) is 2.65. The zero-order valence-electron chi connectivity index (χ0n) is 11.7. The van der Waals surface area contributed by atoms with Gasteiger partial charge < -0.3 is 0 Å². The summed E-state index contributed by atoms with van der Waals surface area (Å²) in [4.78, 5) is 27.1. The summed E-state index contributed by atoms with van der Waals surface area (Å²) in [5.41, 5.74) is 1.02. The number of nitro benzene ring substituents is 1. The molecule has 0 unspecified atom stereocenters. The molecule has 0 bridgehead atoms. The molecule has 0 saturated carbocycles. The fraction of sp³-hybridized carbons (Fsp3) is 0.333. The van der Waals surface area contributed by atoms with Crippen molar-refractivity contribution in [3.63, 3.8) is 0 Å². The third-order valence-electron chi connectivity index (χ3n) is 3.80. The number of benzene rings is 1. The second kappa shape index (κ2) is 5.12. The van der Waals surface area contributed by atoms with Crippen LogP contribution in [0.4, 0.5) is 5.69 Å². The SMILES string of the molecule is C[C@H]1CCc2nc(-c3cccc([N+](=O)[O-])c3)cc(=O)n2C1. The Morgan fingerprint density at radius 2 is 2.19 bits per heavy atom. The van der Waals surface area contributed by atoms with Crippen molar-refractivity contribution in [2.24, 2.45) is 5.92 Å². The Kier molecular flexibility index (Phi) is 3.29. The van der Waals surface area contributed by atoms with Crippen molar-refractivity contribution in [1.82, 2.24) is 9.55 Å². The third-order valence-corrected chi connectivity index (χ3v) is 3.80. The van der Waals surface area contributed by atoms with Gasteiger partial charge in [-0.1, -0.05) is 19.1 Å². The molecular weight excluding hydrogens is 270 g/mol. The second-order valence-corrected chi connectivity index (χ2v) is 5.46. The molecular formula is C15H15N3O3. The average Bonchev–Trinajstić information content (AvgIpc) is 2.48. The van der Waals surface area contributed by atoms with Crippen LogP contribution in [0.3, 0.4) is 0 Å². The van der Waals surface area contributed by atoms with Crippen LogP contribution in [0.25, 0.3) is 11.3 Å². The quantitative estimate of drug-likeness (QED) is 0.627. The molecule has 1 aromatic carbocycles. The summed E-state index contributed by atoms with van der Waals surface area (Å²) in [5, 5.41) is 10.8. The number of nitrogens with zero attached hydrogens (tertiary/aromatic N) is 3. The Hall–Kier alpha value is -2.50. The molecule has 1 aromatic heterocycles. The molecule has 1 aliphatic rings. The maximum Gasteiger partial charge on any atom is 0.270 e. The van der Waals surface area contributed by atoms with Crippen molar-refractivity contribution < 1.29 is 4.92 Å². The Balaban J connectivity index is 2.08. The molecule has 1 atom stereocenters. The second-order valence-electron chi connectivity index (χ2n) is 5.46. The van der Waals surface area contributed by atoms with Crippen LogP contribution in [-0.4, -0.2) is 14.5 Å². The van der Waals surface area contributed by atoms with Gasteiger partial charge in [-0.15, -0.1) is 0 Å². The van der Waals surface area contributed by atoms with Crippen LogP contribution in [0.5, 0.6) is 0 Å². The molecule has 2 heterocycles. The minimum atomic E-state index is -0.448. The highest BCUT2D eigenvalue weighted by atomic mass is 16.6. The van der Waals surface area contributed by atoms with E-state index in [9.17, 15) is 14.9 Å². The van der Waals surface area contributed by atoms with E-state index < -0.39 is 4.92 Å². The van der Waals surface area contributed by atoms with E-state index in [-0.39, 0.29) is 11.2 Å². The van der Waals surface area contributed by atoms with E-state index in [1.807, 2.05) is 0 Å². The number of aromatic nitrogens is 2. The van der Waals surface area contributed by atoms with Crippen LogP contribution in [-0.2, 0) is 13.0 Å². The smallest absolute Gasteiger partial charge is 0.270 e. The van der Waals surface area contributed by atoms with E-state index >= 15 is 0 Å². The number of fused-ring (bicyclic) bond motifs is 1. The van der Waals surface area contributed by atoms with Crippen LogP contribution in [0.2, 0.25) is 0 Å². The summed E-state index contributed by atoms with van der Waals surface area (Å²) < 4.78 is 1.70. The molecule has 0 N–H and O–H groups in total. The molecule has 108 valence electrons. The lowest BCUT2D eigenvalue weighted by Crippen LogP contribution is -2.31. The first-order chi connectivity index (χ1) is 10.0. The van der Waals surface area contributed by atoms with Gasteiger partial charge in [-0.3, -0.25) is 19.5 Å². The van der Waals surface area contributed by atoms with Gasteiger partial charge in [-0.2, -0.15) is 0 Å². The lowest BCUT2D eigenvalue weighted by molar-refractivity contribution is -0.384. The molecule has 0 radical (unpaired) electrons. The lowest BCUT2D eigenvalue weighted by Gasteiger charge is -2.22. The molecule has 0 fully saturated rings. The van der Waals surface area contributed by atoms with Gasteiger partial charge >= 0.3 is 0 Å². The normalized spacial score (nSPS) is 17.3. The van der Waals surface area contributed by atoms with Crippen molar-refractivity contribution in [3.05, 3.63) is 56.6 Å². The third kappa shape index (κ3) is 2.56. The van der Waals surface area contributed by atoms with Gasteiger partial charge in [0.2, 0.25) is 0 Å². The predicted molar refractivity (Wildman–Crippen MR) is 78.1 cm³/mol. The van der Waals surface area contributed by atoms with Gasteiger partial charge in [0.25, 0.3) is 11.2 Å². The van der Waals surface area contributed by atoms with Gasteiger partial charge in [-0.25, -0.2) is 4.98 Å². The maximum absolute atomic E-state index is 12.2. The summed E-state index contributed by atoms with van der Waals surface area (Å²) in [6.07, 6.45) is 1.77. The topological polar surface area (TPSA) is 78.0 Å². The molecule has 0 spiro atoms. The number of aryl methyl sites for hydroxylation is 1. The monoisotopic (exact) mass is 285 g/mol. The maximum atomic E-state index is 12.2. The summed E-state index contributed by atoms with van der Waals surface area (Å²) in [7, 11) is 0. The molecule has 6 nitrogen and oxygen atoms in total. The fourth-order valence-electron chi connectivity index (χ4n) is 2.65. The van der Waals surface area contributed by atoms with E-state index in [1.54, 1.807) is 16.7 Å². The Morgan fingerprint density at radius 3 is 2.95 bits per heavy atom. The van der Waals surface area contributed by atoms with Crippen LogP contribution in [0, 0.1) is 16.0 Å². The van der Waals surface area contributed by atoms with Crippen LogP contribution in [0.1, 0.15) is 19.2 Å².